The first-order chi connectivity index (χ1) is 6.99. The van der Waals surface area contributed by atoms with Crippen molar-refractivity contribution in [3.05, 3.63) is 0 Å². The van der Waals surface area contributed by atoms with Gasteiger partial charge < -0.3 is 10.5 Å². The summed E-state index contributed by atoms with van der Waals surface area (Å²) in [7, 11) is 0. The van der Waals surface area contributed by atoms with Crippen molar-refractivity contribution >= 4 is 18.8 Å². The van der Waals surface area contributed by atoms with Crippen LogP contribution in [0.3, 0.4) is 0 Å². The third kappa shape index (κ3) is 7.00. The molecule has 0 rings (SSSR count). The highest BCUT2D eigenvalue weighted by molar-refractivity contribution is 6.59. The van der Waals surface area contributed by atoms with E-state index in [-0.39, 0.29) is 18.8 Å². The Balaban J connectivity index is 4.17. The van der Waals surface area contributed by atoms with Gasteiger partial charge in [-0.3, -0.25) is 9.59 Å². The molecule has 5 heteroatoms. The van der Waals surface area contributed by atoms with Crippen LogP contribution >= 0.6 is 0 Å². The molecule has 0 aliphatic rings. The fraction of sp³-hybridized carbons (Fsp3) is 0.800. The van der Waals surface area contributed by atoms with E-state index in [0.29, 0.717) is 18.8 Å². The molecular weight excluding hydrogens is 191 g/mol. The van der Waals surface area contributed by atoms with E-state index in [9.17, 15) is 9.59 Å². The van der Waals surface area contributed by atoms with Crippen LogP contribution in [0.2, 0.25) is 6.32 Å². The molecule has 0 atom stereocenters. The van der Waals surface area contributed by atoms with Crippen molar-refractivity contribution in [2.75, 3.05) is 0 Å². The Kier molecular flexibility index (Phi) is 6.83. The van der Waals surface area contributed by atoms with Gasteiger partial charge in [0.05, 0.1) is 0 Å². The van der Waals surface area contributed by atoms with Crippen LogP contribution in [-0.2, 0) is 9.59 Å². The maximum Gasteiger partial charge on any atom is 0.374 e. The highest BCUT2D eigenvalue weighted by Crippen LogP contribution is 2.02. The molecule has 0 spiro atoms. The maximum absolute atomic E-state index is 11.2. The van der Waals surface area contributed by atoms with Gasteiger partial charge in [-0.15, -0.1) is 0 Å². The summed E-state index contributed by atoms with van der Waals surface area (Å²) in [4.78, 5) is 22.4. The van der Waals surface area contributed by atoms with Gasteiger partial charge in [0.25, 0.3) is 0 Å². The quantitative estimate of drug-likeness (QED) is 0.649. The second-order valence-corrected chi connectivity index (χ2v) is 4.02. The van der Waals surface area contributed by atoms with E-state index in [1.807, 2.05) is 0 Å². The molecule has 0 fully saturated rings. The van der Waals surface area contributed by atoms with Crippen LogP contribution in [0, 0.1) is 5.92 Å². The Morgan fingerprint density at radius 2 is 1.47 bits per heavy atom. The molecule has 0 bridgehead atoms. The molecule has 2 amide bonds. The summed E-state index contributed by atoms with van der Waals surface area (Å²) in [5.41, 5.74) is 0. The molecule has 0 unspecified atom stereocenters. The van der Waals surface area contributed by atoms with E-state index in [2.05, 4.69) is 24.3 Å². The third-order valence-corrected chi connectivity index (χ3v) is 2.02. The van der Waals surface area contributed by atoms with Gasteiger partial charge in [-0.1, -0.05) is 27.7 Å². The van der Waals surface area contributed by atoms with Crippen LogP contribution in [0.25, 0.3) is 0 Å². The van der Waals surface area contributed by atoms with Crippen molar-refractivity contribution in [2.45, 2.75) is 46.9 Å². The van der Waals surface area contributed by atoms with Gasteiger partial charge in [0.15, 0.2) is 0 Å². The van der Waals surface area contributed by atoms with Gasteiger partial charge in [-0.05, 0) is 12.2 Å². The number of hydrogen-bond acceptors (Lipinski definition) is 2. The summed E-state index contributed by atoms with van der Waals surface area (Å²) >= 11 is 0. The van der Waals surface area contributed by atoms with Gasteiger partial charge in [0.2, 0.25) is 11.8 Å². The van der Waals surface area contributed by atoms with Crippen LogP contribution < -0.4 is 10.5 Å². The summed E-state index contributed by atoms with van der Waals surface area (Å²) in [6.45, 7) is 7.48. The zero-order valence-electron chi connectivity index (χ0n) is 10.1. The molecule has 15 heavy (non-hydrogen) atoms. The Hall–Kier alpha value is -0.995. The first-order valence-corrected chi connectivity index (χ1v) is 5.58. The third-order valence-electron chi connectivity index (χ3n) is 2.02. The van der Waals surface area contributed by atoms with Crippen molar-refractivity contribution in [1.82, 2.24) is 10.5 Å². The number of hydrogen-bond donors (Lipinski definition) is 2. The Morgan fingerprint density at radius 1 is 1.07 bits per heavy atom. The van der Waals surface area contributed by atoms with Crippen LogP contribution in [-0.4, -0.2) is 18.8 Å². The number of carbonyl (C=O) groups is 2. The van der Waals surface area contributed by atoms with E-state index >= 15 is 0 Å². The Bertz CT molecular complexity index is 201. The van der Waals surface area contributed by atoms with Gasteiger partial charge in [0.1, 0.15) is 0 Å². The fourth-order valence-corrected chi connectivity index (χ4v) is 1.22. The number of amides is 2. The van der Waals surface area contributed by atoms with Gasteiger partial charge >= 0.3 is 6.98 Å². The smallest absolute Gasteiger partial charge is 0.374 e. The second-order valence-electron chi connectivity index (χ2n) is 4.02. The van der Waals surface area contributed by atoms with Gasteiger partial charge in [-0.2, -0.15) is 0 Å². The SMILES string of the molecule is CCC(=O)NB(CC(C)C)NC(=O)CC. The van der Waals surface area contributed by atoms with Crippen molar-refractivity contribution in [1.29, 1.82) is 0 Å². The number of carbonyl (C=O) groups excluding carboxylic acids is 2. The lowest BCUT2D eigenvalue weighted by Crippen LogP contribution is -2.52. The van der Waals surface area contributed by atoms with E-state index in [4.69, 9.17) is 0 Å². The lowest BCUT2D eigenvalue weighted by molar-refractivity contribution is -0.119. The standard InChI is InChI=1S/C10H21BN2O2/c1-5-9(14)12-11(7-8(3)4)13-10(15)6-2/h8H,5-7H2,1-4H3,(H,12,14)(H,13,15). The average Bonchev–Trinajstić information content (AvgIpc) is 2.16. The van der Waals surface area contributed by atoms with Crippen molar-refractivity contribution in [3.63, 3.8) is 0 Å². The van der Waals surface area contributed by atoms with E-state index in [0.717, 1.165) is 6.32 Å². The second kappa shape index (κ2) is 7.32. The lowest BCUT2D eigenvalue weighted by atomic mass is 9.68. The lowest BCUT2D eigenvalue weighted by Gasteiger charge is -2.17. The van der Waals surface area contributed by atoms with Crippen LogP contribution in [0.15, 0.2) is 0 Å². The van der Waals surface area contributed by atoms with E-state index in [1.165, 1.54) is 0 Å². The maximum atomic E-state index is 11.2. The summed E-state index contributed by atoms with van der Waals surface area (Å²) in [6.07, 6.45) is 1.64. The molecule has 2 N–H and O–H groups in total. The van der Waals surface area contributed by atoms with Crippen LogP contribution in [0.1, 0.15) is 40.5 Å². The molecule has 0 aromatic carbocycles. The fourth-order valence-electron chi connectivity index (χ4n) is 1.22. The molecule has 0 aromatic heterocycles. The normalized spacial score (nSPS) is 9.93. The Morgan fingerprint density at radius 3 is 1.73 bits per heavy atom. The summed E-state index contributed by atoms with van der Waals surface area (Å²) in [5, 5.41) is 5.58. The Labute approximate surface area is 92.3 Å². The van der Waals surface area contributed by atoms with Crippen molar-refractivity contribution in [3.8, 4) is 0 Å². The predicted molar refractivity (Wildman–Crippen MR) is 62.3 cm³/mol. The molecule has 0 saturated heterocycles. The van der Waals surface area contributed by atoms with E-state index < -0.39 is 0 Å². The van der Waals surface area contributed by atoms with Gasteiger partial charge in [-0.25, -0.2) is 0 Å². The highest BCUT2D eigenvalue weighted by Gasteiger charge is 2.20. The van der Waals surface area contributed by atoms with Gasteiger partial charge in [0, 0.05) is 12.8 Å². The zero-order chi connectivity index (χ0) is 11.8. The molecule has 4 nitrogen and oxygen atoms in total. The van der Waals surface area contributed by atoms with Crippen molar-refractivity contribution < 1.29 is 9.59 Å². The topological polar surface area (TPSA) is 58.2 Å². The monoisotopic (exact) mass is 212 g/mol. The van der Waals surface area contributed by atoms with Crippen LogP contribution in [0.5, 0.6) is 0 Å². The first kappa shape index (κ1) is 14.0. The average molecular weight is 212 g/mol. The minimum absolute atomic E-state index is 0.0305. The highest BCUT2D eigenvalue weighted by atomic mass is 16.2. The summed E-state index contributed by atoms with van der Waals surface area (Å²) < 4.78 is 0. The molecule has 0 aliphatic heterocycles. The summed E-state index contributed by atoms with van der Waals surface area (Å²) in [5.74, 6) is 0.374. The molecule has 0 saturated carbocycles. The zero-order valence-corrected chi connectivity index (χ0v) is 10.1. The first-order valence-electron chi connectivity index (χ1n) is 5.58. The summed E-state index contributed by atoms with van der Waals surface area (Å²) in [6, 6.07) is 0. The van der Waals surface area contributed by atoms with Crippen LogP contribution in [0.4, 0.5) is 0 Å². The minimum atomic E-state index is -0.232. The molecule has 86 valence electrons. The predicted octanol–water partition coefficient (Wildman–Crippen LogP) is 1.18. The molecular formula is C10H21BN2O2. The van der Waals surface area contributed by atoms with Crippen molar-refractivity contribution in [2.24, 2.45) is 5.92 Å². The largest absolute Gasteiger partial charge is 0.380 e. The number of nitrogens with one attached hydrogen (secondary N) is 2. The number of rotatable bonds is 6. The molecule has 0 aliphatic carbocycles. The van der Waals surface area contributed by atoms with E-state index in [1.54, 1.807) is 13.8 Å². The molecule has 0 radical (unpaired) electrons. The molecule has 0 heterocycles. The molecule has 0 aromatic rings. The minimum Gasteiger partial charge on any atom is -0.380 e.